The zero-order chi connectivity index (χ0) is 16.9. The van der Waals surface area contributed by atoms with Crippen LogP contribution in [0, 0.1) is 11.7 Å². The average molecular weight is 338 g/mol. The highest BCUT2D eigenvalue weighted by Crippen LogP contribution is 2.21. The summed E-state index contributed by atoms with van der Waals surface area (Å²) in [4.78, 5) is 0. The van der Waals surface area contributed by atoms with Crippen LogP contribution in [0.15, 0.2) is 53.6 Å². The van der Waals surface area contributed by atoms with E-state index in [2.05, 4.69) is 15.3 Å². The Balaban J connectivity index is 1.94. The molecular weight excluding hydrogens is 320 g/mol. The highest BCUT2D eigenvalue weighted by molar-refractivity contribution is 7.71. The van der Waals surface area contributed by atoms with Crippen LogP contribution in [0.1, 0.15) is 18.1 Å². The van der Waals surface area contributed by atoms with Gasteiger partial charge in [0.2, 0.25) is 4.77 Å². The van der Waals surface area contributed by atoms with Crippen LogP contribution in [0.3, 0.4) is 0 Å². The first-order valence-corrected chi connectivity index (χ1v) is 8.10. The van der Waals surface area contributed by atoms with Crippen molar-refractivity contribution < 1.29 is 4.74 Å². The molecular formula is C18H18N4OS. The first kappa shape index (κ1) is 16.1. The van der Waals surface area contributed by atoms with Crippen LogP contribution >= 0.6 is 12.2 Å². The highest BCUT2D eigenvalue weighted by atomic mass is 32.1. The van der Waals surface area contributed by atoms with E-state index in [-0.39, 0.29) is 0 Å². The smallest absolute Gasteiger partial charge is 0.216 e. The number of aromatic amines is 1. The third-order valence-electron chi connectivity index (χ3n) is 3.57. The number of H-pyrrole nitrogens is 1. The molecule has 0 aliphatic rings. The lowest BCUT2D eigenvalue weighted by Crippen LogP contribution is -1.96. The van der Waals surface area contributed by atoms with Gasteiger partial charge in [0.25, 0.3) is 0 Å². The van der Waals surface area contributed by atoms with Gasteiger partial charge in [-0.25, -0.2) is 5.10 Å². The quantitative estimate of drug-likeness (QED) is 0.560. The van der Waals surface area contributed by atoms with Gasteiger partial charge in [-0.05, 0) is 61.5 Å². The van der Waals surface area contributed by atoms with E-state index in [1.807, 2.05) is 62.4 Å². The number of aryl methyl sites for hydroxylation is 1. The molecule has 0 aliphatic heterocycles. The molecule has 0 amide bonds. The van der Waals surface area contributed by atoms with Gasteiger partial charge >= 0.3 is 0 Å². The van der Waals surface area contributed by atoms with Crippen LogP contribution in [0.25, 0.3) is 11.4 Å². The molecule has 3 aromatic rings. The van der Waals surface area contributed by atoms with Gasteiger partial charge in [-0.3, -0.25) is 0 Å². The first-order chi connectivity index (χ1) is 11.7. The van der Waals surface area contributed by atoms with Crippen molar-refractivity contribution >= 4 is 18.4 Å². The number of hydrogen-bond donors (Lipinski definition) is 1. The number of rotatable bonds is 5. The highest BCUT2D eigenvalue weighted by Gasteiger charge is 2.08. The molecule has 122 valence electrons. The molecule has 0 spiro atoms. The largest absolute Gasteiger partial charge is 0.494 e. The molecule has 2 aromatic carbocycles. The maximum Gasteiger partial charge on any atom is 0.216 e. The summed E-state index contributed by atoms with van der Waals surface area (Å²) in [6, 6.07) is 15.7. The number of benzene rings is 2. The molecule has 3 rings (SSSR count). The van der Waals surface area contributed by atoms with Crippen molar-refractivity contribution in [2.45, 2.75) is 13.8 Å². The number of nitrogens with zero attached hydrogens (tertiary/aromatic N) is 3. The zero-order valence-corrected chi connectivity index (χ0v) is 14.4. The molecule has 1 N–H and O–H groups in total. The van der Waals surface area contributed by atoms with Gasteiger partial charge in [-0.2, -0.15) is 14.9 Å². The lowest BCUT2D eigenvalue weighted by Gasteiger charge is -2.05. The average Bonchev–Trinajstić information content (AvgIpc) is 2.96. The third kappa shape index (κ3) is 3.44. The zero-order valence-electron chi connectivity index (χ0n) is 13.6. The summed E-state index contributed by atoms with van der Waals surface area (Å²) in [6.45, 7) is 4.64. The lowest BCUT2D eigenvalue weighted by molar-refractivity contribution is 0.340. The Hall–Kier alpha value is -2.73. The second-order valence-corrected chi connectivity index (χ2v) is 5.61. The normalized spacial score (nSPS) is 11.1. The van der Waals surface area contributed by atoms with Crippen LogP contribution in [0.5, 0.6) is 5.75 Å². The molecule has 0 fully saturated rings. The van der Waals surface area contributed by atoms with E-state index in [9.17, 15) is 0 Å². The summed E-state index contributed by atoms with van der Waals surface area (Å²) in [5, 5.41) is 11.6. The number of ether oxygens (including phenoxy) is 1. The summed E-state index contributed by atoms with van der Waals surface area (Å²) >= 11 is 5.29. The molecule has 6 heteroatoms. The van der Waals surface area contributed by atoms with Gasteiger partial charge in [0, 0.05) is 5.56 Å². The van der Waals surface area contributed by atoms with Crippen molar-refractivity contribution in [1.29, 1.82) is 0 Å². The molecule has 0 saturated carbocycles. The number of hydrogen-bond acceptors (Lipinski definition) is 4. The van der Waals surface area contributed by atoms with Crippen molar-refractivity contribution in [2.24, 2.45) is 5.10 Å². The van der Waals surface area contributed by atoms with E-state index in [1.54, 1.807) is 10.9 Å². The minimum atomic E-state index is 0.448. The monoisotopic (exact) mass is 338 g/mol. The van der Waals surface area contributed by atoms with E-state index >= 15 is 0 Å². The second kappa shape index (κ2) is 7.23. The number of nitrogens with one attached hydrogen (secondary N) is 1. The van der Waals surface area contributed by atoms with Gasteiger partial charge < -0.3 is 4.74 Å². The predicted octanol–water partition coefficient (Wildman–Crippen LogP) is 4.20. The summed E-state index contributed by atoms with van der Waals surface area (Å²) in [6.07, 6.45) is 1.79. The van der Waals surface area contributed by atoms with Gasteiger partial charge in [0.05, 0.1) is 12.8 Å². The Morgan fingerprint density at radius 2 is 1.96 bits per heavy atom. The Bertz CT molecular complexity index is 909. The Labute approximate surface area is 145 Å². The van der Waals surface area contributed by atoms with Gasteiger partial charge in [-0.1, -0.05) is 24.3 Å². The Morgan fingerprint density at radius 3 is 2.67 bits per heavy atom. The molecule has 0 saturated heterocycles. The fraction of sp³-hybridized carbons (Fsp3) is 0.167. The molecule has 1 heterocycles. The molecule has 24 heavy (non-hydrogen) atoms. The van der Waals surface area contributed by atoms with Crippen molar-refractivity contribution in [2.75, 3.05) is 6.61 Å². The minimum Gasteiger partial charge on any atom is -0.494 e. The lowest BCUT2D eigenvalue weighted by atomic mass is 10.1. The molecule has 0 radical (unpaired) electrons. The molecule has 0 bridgehead atoms. The van der Waals surface area contributed by atoms with Gasteiger partial charge in [0.15, 0.2) is 5.82 Å². The maximum absolute atomic E-state index is 5.47. The molecule has 0 unspecified atom stereocenters. The van der Waals surface area contributed by atoms with E-state index in [0.29, 0.717) is 17.2 Å². The summed E-state index contributed by atoms with van der Waals surface area (Å²) in [5.74, 6) is 1.48. The van der Waals surface area contributed by atoms with E-state index in [1.165, 1.54) is 0 Å². The third-order valence-corrected chi connectivity index (χ3v) is 3.84. The maximum atomic E-state index is 5.47. The first-order valence-electron chi connectivity index (χ1n) is 7.69. The van der Waals surface area contributed by atoms with E-state index < -0.39 is 0 Å². The summed E-state index contributed by atoms with van der Waals surface area (Å²) in [5.41, 5.74) is 3.10. The van der Waals surface area contributed by atoms with Crippen LogP contribution in [0.2, 0.25) is 0 Å². The Morgan fingerprint density at radius 1 is 1.21 bits per heavy atom. The molecule has 5 nitrogen and oxygen atoms in total. The minimum absolute atomic E-state index is 0.448. The van der Waals surface area contributed by atoms with Crippen molar-refractivity contribution in [3.8, 4) is 17.1 Å². The summed E-state index contributed by atoms with van der Waals surface area (Å²) in [7, 11) is 0. The number of aromatic nitrogens is 3. The second-order valence-electron chi connectivity index (χ2n) is 5.22. The fourth-order valence-corrected chi connectivity index (χ4v) is 2.48. The Kier molecular flexibility index (Phi) is 4.86. The van der Waals surface area contributed by atoms with Gasteiger partial charge in [0.1, 0.15) is 5.75 Å². The van der Waals surface area contributed by atoms with Crippen LogP contribution < -0.4 is 4.74 Å². The predicted molar refractivity (Wildman–Crippen MR) is 98.2 cm³/mol. The van der Waals surface area contributed by atoms with Crippen molar-refractivity contribution in [3.63, 3.8) is 0 Å². The van der Waals surface area contributed by atoms with Gasteiger partial charge in [-0.15, -0.1) is 0 Å². The molecule has 0 aliphatic carbocycles. The summed E-state index contributed by atoms with van der Waals surface area (Å²) < 4.78 is 7.54. The topological polar surface area (TPSA) is 55.2 Å². The van der Waals surface area contributed by atoms with Crippen LogP contribution in [-0.4, -0.2) is 27.7 Å². The standard InChI is InChI=1S/C18H18N4OS/c1-3-23-16-10-8-14(9-11-16)17-20-21-18(24)22(17)19-12-15-7-5-4-6-13(15)2/h4-12H,3H2,1-2H3,(H,21,24)/b19-12+. The van der Waals surface area contributed by atoms with E-state index in [4.69, 9.17) is 17.0 Å². The van der Waals surface area contributed by atoms with Crippen molar-refractivity contribution in [1.82, 2.24) is 14.9 Å². The van der Waals surface area contributed by atoms with Crippen molar-refractivity contribution in [3.05, 3.63) is 64.4 Å². The molecule has 1 aromatic heterocycles. The molecule has 0 atom stereocenters. The van der Waals surface area contributed by atoms with Crippen LogP contribution in [-0.2, 0) is 0 Å². The SMILES string of the molecule is CCOc1ccc(-c2n[nH]c(=S)n2/N=C/c2ccccc2C)cc1. The fourth-order valence-electron chi connectivity index (χ4n) is 2.30. The van der Waals surface area contributed by atoms with E-state index in [0.717, 1.165) is 22.4 Å². The van der Waals surface area contributed by atoms with Crippen LogP contribution in [0.4, 0.5) is 0 Å².